The molecule has 2 N–H and O–H groups in total. The Morgan fingerprint density at radius 3 is 2.33 bits per heavy atom. The van der Waals surface area contributed by atoms with Gasteiger partial charge in [0.05, 0.1) is 7.11 Å². The standard InChI is InChI=1S/C19H21FN2O2/c1-24-17-8-2-14(3-9-17)12-21-18(23)22-13-19(10-11-19)15-4-6-16(20)7-5-15/h2-9H,10-13H2,1H3,(H2,21,22,23). The zero-order valence-corrected chi connectivity index (χ0v) is 13.6. The van der Waals surface area contributed by atoms with Crippen molar-refractivity contribution >= 4 is 6.03 Å². The highest BCUT2D eigenvalue weighted by atomic mass is 19.1. The Bertz CT molecular complexity index is 694. The first kappa shape index (κ1) is 16.3. The molecule has 1 aliphatic rings. The van der Waals surface area contributed by atoms with Gasteiger partial charge in [0, 0.05) is 18.5 Å². The molecule has 2 aromatic rings. The van der Waals surface area contributed by atoms with Gasteiger partial charge in [-0.15, -0.1) is 0 Å². The molecule has 0 spiro atoms. The van der Waals surface area contributed by atoms with E-state index in [0.29, 0.717) is 13.1 Å². The summed E-state index contributed by atoms with van der Waals surface area (Å²) in [6, 6.07) is 13.9. The fourth-order valence-corrected chi connectivity index (χ4v) is 2.76. The molecule has 0 radical (unpaired) electrons. The molecule has 2 amide bonds. The van der Waals surface area contributed by atoms with Crippen molar-refractivity contribution < 1.29 is 13.9 Å². The molecule has 1 saturated carbocycles. The van der Waals surface area contributed by atoms with E-state index in [-0.39, 0.29) is 17.3 Å². The molecule has 0 atom stereocenters. The van der Waals surface area contributed by atoms with Gasteiger partial charge in [-0.2, -0.15) is 0 Å². The van der Waals surface area contributed by atoms with Crippen molar-refractivity contribution in [2.45, 2.75) is 24.8 Å². The number of carbonyl (C=O) groups is 1. The summed E-state index contributed by atoms with van der Waals surface area (Å²) < 4.78 is 18.1. The maximum absolute atomic E-state index is 13.0. The van der Waals surface area contributed by atoms with Gasteiger partial charge in [-0.25, -0.2) is 9.18 Å². The molecule has 24 heavy (non-hydrogen) atoms. The van der Waals surface area contributed by atoms with Crippen LogP contribution in [-0.4, -0.2) is 19.7 Å². The van der Waals surface area contributed by atoms with Crippen LogP contribution in [0.4, 0.5) is 9.18 Å². The smallest absolute Gasteiger partial charge is 0.315 e. The van der Waals surface area contributed by atoms with E-state index in [4.69, 9.17) is 4.74 Å². The van der Waals surface area contributed by atoms with Crippen LogP contribution in [0.3, 0.4) is 0 Å². The second-order valence-electron chi connectivity index (χ2n) is 6.17. The molecule has 4 nitrogen and oxygen atoms in total. The second kappa shape index (κ2) is 6.91. The third-order valence-electron chi connectivity index (χ3n) is 4.51. The third kappa shape index (κ3) is 3.85. The number of urea groups is 1. The summed E-state index contributed by atoms with van der Waals surface area (Å²) in [6.45, 7) is 1.02. The number of amides is 2. The minimum absolute atomic E-state index is 0.0366. The van der Waals surface area contributed by atoms with E-state index in [2.05, 4.69) is 10.6 Å². The lowest BCUT2D eigenvalue weighted by Crippen LogP contribution is -2.39. The van der Waals surface area contributed by atoms with E-state index >= 15 is 0 Å². The number of ether oxygens (including phenoxy) is 1. The molecule has 0 aliphatic heterocycles. The fourth-order valence-electron chi connectivity index (χ4n) is 2.76. The highest BCUT2D eigenvalue weighted by Crippen LogP contribution is 2.47. The Labute approximate surface area is 141 Å². The molecule has 0 saturated heterocycles. The molecule has 2 aromatic carbocycles. The number of methoxy groups -OCH3 is 1. The molecule has 0 bridgehead atoms. The van der Waals surface area contributed by atoms with Crippen LogP contribution in [0.2, 0.25) is 0 Å². The molecule has 1 fully saturated rings. The monoisotopic (exact) mass is 328 g/mol. The average Bonchev–Trinajstić information content (AvgIpc) is 3.40. The van der Waals surface area contributed by atoms with Gasteiger partial charge >= 0.3 is 6.03 Å². The normalized spacial score (nSPS) is 14.8. The van der Waals surface area contributed by atoms with Gasteiger partial charge in [-0.3, -0.25) is 0 Å². The highest BCUT2D eigenvalue weighted by molar-refractivity contribution is 5.74. The lowest BCUT2D eigenvalue weighted by atomic mass is 9.96. The van der Waals surface area contributed by atoms with E-state index in [9.17, 15) is 9.18 Å². The van der Waals surface area contributed by atoms with Gasteiger partial charge < -0.3 is 15.4 Å². The second-order valence-corrected chi connectivity index (χ2v) is 6.17. The predicted molar refractivity (Wildman–Crippen MR) is 90.5 cm³/mol. The first-order valence-corrected chi connectivity index (χ1v) is 8.02. The van der Waals surface area contributed by atoms with Gasteiger partial charge in [-0.05, 0) is 48.2 Å². The van der Waals surface area contributed by atoms with E-state index in [1.807, 2.05) is 24.3 Å². The molecule has 3 rings (SSSR count). The maximum Gasteiger partial charge on any atom is 0.315 e. The zero-order chi connectivity index (χ0) is 17.0. The summed E-state index contributed by atoms with van der Waals surface area (Å²) >= 11 is 0. The highest BCUT2D eigenvalue weighted by Gasteiger charge is 2.44. The van der Waals surface area contributed by atoms with Gasteiger partial charge in [0.1, 0.15) is 11.6 Å². The number of nitrogens with one attached hydrogen (secondary N) is 2. The van der Waals surface area contributed by atoms with Crippen LogP contribution >= 0.6 is 0 Å². The molecule has 1 aliphatic carbocycles. The van der Waals surface area contributed by atoms with Crippen LogP contribution in [0.5, 0.6) is 5.75 Å². The van der Waals surface area contributed by atoms with Crippen LogP contribution in [0.1, 0.15) is 24.0 Å². The Balaban J connectivity index is 1.47. The van der Waals surface area contributed by atoms with Crippen molar-refractivity contribution in [3.63, 3.8) is 0 Å². The average molecular weight is 328 g/mol. The SMILES string of the molecule is COc1ccc(CNC(=O)NCC2(c3ccc(F)cc3)CC2)cc1. The molecule has 126 valence electrons. The van der Waals surface area contributed by atoms with Crippen molar-refractivity contribution in [1.82, 2.24) is 10.6 Å². The molecule has 0 heterocycles. The molecule has 0 aromatic heterocycles. The van der Waals surface area contributed by atoms with Crippen LogP contribution in [-0.2, 0) is 12.0 Å². The van der Waals surface area contributed by atoms with Crippen LogP contribution < -0.4 is 15.4 Å². The Morgan fingerprint density at radius 2 is 1.75 bits per heavy atom. The topological polar surface area (TPSA) is 50.4 Å². The summed E-state index contributed by atoms with van der Waals surface area (Å²) in [5, 5.41) is 5.77. The predicted octanol–water partition coefficient (Wildman–Crippen LogP) is 3.37. The number of rotatable bonds is 6. The van der Waals surface area contributed by atoms with Gasteiger partial charge in [0.25, 0.3) is 0 Å². The van der Waals surface area contributed by atoms with E-state index in [1.54, 1.807) is 19.2 Å². The van der Waals surface area contributed by atoms with Crippen LogP contribution in [0.25, 0.3) is 0 Å². The quantitative estimate of drug-likeness (QED) is 0.854. The zero-order valence-electron chi connectivity index (χ0n) is 13.6. The van der Waals surface area contributed by atoms with Crippen molar-refractivity contribution in [3.05, 3.63) is 65.5 Å². The van der Waals surface area contributed by atoms with E-state index in [0.717, 1.165) is 29.7 Å². The number of benzene rings is 2. The van der Waals surface area contributed by atoms with Crippen molar-refractivity contribution in [2.24, 2.45) is 0 Å². The fraction of sp³-hybridized carbons (Fsp3) is 0.316. The Kier molecular flexibility index (Phi) is 4.69. The van der Waals surface area contributed by atoms with Crippen LogP contribution in [0.15, 0.2) is 48.5 Å². The maximum atomic E-state index is 13.0. The Hall–Kier alpha value is -2.56. The Morgan fingerprint density at radius 1 is 1.08 bits per heavy atom. The van der Waals surface area contributed by atoms with Gasteiger partial charge in [0.15, 0.2) is 0 Å². The largest absolute Gasteiger partial charge is 0.497 e. The van der Waals surface area contributed by atoms with E-state index in [1.165, 1.54) is 12.1 Å². The van der Waals surface area contributed by atoms with E-state index < -0.39 is 0 Å². The van der Waals surface area contributed by atoms with Crippen molar-refractivity contribution in [1.29, 1.82) is 0 Å². The van der Waals surface area contributed by atoms with Crippen LogP contribution in [0, 0.1) is 5.82 Å². The number of carbonyl (C=O) groups excluding carboxylic acids is 1. The van der Waals surface area contributed by atoms with Gasteiger partial charge in [0.2, 0.25) is 0 Å². The lowest BCUT2D eigenvalue weighted by Gasteiger charge is -2.17. The number of hydrogen-bond donors (Lipinski definition) is 2. The minimum Gasteiger partial charge on any atom is -0.497 e. The first-order chi connectivity index (χ1) is 11.6. The summed E-state index contributed by atoms with van der Waals surface area (Å²) in [5.41, 5.74) is 2.05. The molecule has 0 unspecified atom stereocenters. The minimum atomic E-state index is -0.236. The summed E-state index contributed by atoms with van der Waals surface area (Å²) in [4.78, 5) is 12.0. The third-order valence-corrected chi connectivity index (χ3v) is 4.51. The lowest BCUT2D eigenvalue weighted by molar-refractivity contribution is 0.239. The van der Waals surface area contributed by atoms with Crippen molar-refractivity contribution in [3.8, 4) is 5.75 Å². The molecular weight excluding hydrogens is 307 g/mol. The number of halogens is 1. The van der Waals surface area contributed by atoms with Crippen molar-refractivity contribution in [2.75, 3.05) is 13.7 Å². The summed E-state index contributed by atoms with van der Waals surface area (Å²) in [5.74, 6) is 0.554. The number of hydrogen-bond acceptors (Lipinski definition) is 2. The summed E-state index contributed by atoms with van der Waals surface area (Å²) in [7, 11) is 1.62. The molecular formula is C19H21FN2O2. The van der Waals surface area contributed by atoms with Gasteiger partial charge in [-0.1, -0.05) is 24.3 Å². The molecule has 5 heteroatoms. The first-order valence-electron chi connectivity index (χ1n) is 8.02. The summed E-state index contributed by atoms with van der Waals surface area (Å²) in [6.07, 6.45) is 2.02.